The number of hydrogen-bond donors (Lipinski definition) is 2. The predicted octanol–water partition coefficient (Wildman–Crippen LogP) is 2.34. The number of anilines is 1. The summed E-state index contributed by atoms with van der Waals surface area (Å²) in [5, 5.41) is 3.80. The number of nitrogens with zero attached hydrogens (tertiary/aromatic N) is 2. The summed E-state index contributed by atoms with van der Waals surface area (Å²) in [5.41, 5.74) is 6.57. The number of rotatable bonds is 7. The van der Waals surface area contributed by atoms with E-state index in [0.717, 1.165) is 36.3 Å². The number of thiophene rings is 1. The molecule has 5 nitrogen and oxygen atoms in total. The molecule has 21 heavy (non-hydrogen) atoms. The lowest BCUT2D eigenvalue weighted by molar-refractivity contribution is 0.0956. The van der Waals surface area contributed by atoms with E-state index in [1.807, 2.05) is 12.1 Å². The highest BCUT2D eigenvalue weighted by molar-refractivity contribution is 7.21. The summed E-state index contributed by atoms with van der Waals surface area (Å²) in [6.45, 7) is 8.03. The van der Waals surface area contributed by atoms with Gasteiger partial charge in [-0.15, -0.1) is 11.3 Å². The van der Waals surface area contributed by atoms with E-state index in [0.29, 0.717) is 17.1 Å². The van der Waals surface area contributed by atoms with E-state index >= 15 is 0 Å². The minimum Gasteiger partial charge on any atom is -0.397 e. The van der Waals surface area contributed by atoms with Gasteiger partial charge in [0.15, 0.2) is 0 Å². The van der Waals surface area contributed by atoms with Gasteiger partial charge >= 0.3 is 0 Å². The molecule has 1 amide bonds. The number of fused-ring (bicyclic) bond motifs is 1. The Balaban J connectivity index is 1.92. The minimum atomic E-state index is -0.102. The standard InChI is InChI=1S/C15H22N4OS/c1-3-19(4-2)10-6-9-17-14(20)13-12(16)11-7-5-8-18-15(11)21-13/h5,7-8H,3-4,6,9-10,16H2,1-2H3,(H,17,20). The zero-order valence-corrected chi connectivity index (χ0v) is 13.4. The molecule has 2 heterocycles. The van der Waals surface area contributed by atoms with Crippen LogP contribution in [0.3, 0.4) is 0 Å². The van der Waals surface area contributed by atoms with Crippen LogP contribution < -0.4 is 11.1 Å². The van der Waals surface area contributed by atoms with E-state index < -0.39 is 0 Å². The largest absolute Gasteiger partial charge is 0.397 e. The molecule has 0 aliphatic carbocycles. The number of nitrogens with one attached hydrogen (secondary N) is 1. The SMILES string of the molecule is CCN(CC)CCCNC(=O)c1sc2ncccc2c1N. The number of hydrogen-bond acceptors (Lipinski definition) is 5. The molecule has 0 unspecified atom stereocenters. The Morgan fingerprint density at radius 3 is 2.86 bits per heavy atom. The number of amides is 1. The molecule has 2 aromatic heterocycles. The van der Waals surface area contributed by atoms with Gasteiger partial charge in [0, 0.05) is 18.1 Å². The molecule has 0 saturated heterocycles. The Morgan fingerprint density at radius 1 is 1.43 bits per heavy atom. The molecular formula is C15H22N4OS. The van der Waals surface area contributed by atoms with Crippen LogP contribution in [0, 0.1) is 0 Å². The average Bonchev–Trinajstić information content (AvgIpc) is 2.85. The van der Waals surface area contributed by atoms with Crippen molar-refractivity contribution in [2.75, 3.05) is 31.9 Å². The summed E-state index contributed by atoms with van der Waals surface area (Å²) in [6, 6.07) is 3.72. The van der Waals surface area contributed by atoms with Crippen LogP contribution in [-0.2, 0) is 0 Å². The first-order valence-corrected chi connectivity index (χ1v) is 8.12. The summed E-state index contributed by atoms with van der Waals surface area (Å²) >= 11 is 1.35. The van der Waals surface area contributed by atoms with Gasteiger partial charge in [0.2, 0.25) is 0 Å². The van der Waals surface area contributed by atoms with E-state index in [4.69, 9.17) is 5.73 Å². The van der Waals surface area contributed by atoms with Crippen LogP contribution >= 0.6 is 11.3 Å². The zero-order chi connectivity index (χ0) is 15.2. The number of carbonyl (C=O) groups excluding carboxylic acids is 1. The molecule has 0 aliphatic heterocycles. The molecular weight excluding hydrogens is 284 g/mol. The molecule has 0 spiro atoms. The van der Waals surface area contributed by atoms with Crippen molar-refractivity contribution in [1.82, 2.24) is 15.2 Å². The second-order valence-corrected chi connectivity index (χ2v) is 5.84. The molecule has 6 heteroatoms. The maximum Gasteiger partial charge on any atom is 0.263 e. The fourth-order valence-corrected chi connectivity index (χ4v) is 3.22. The lowest BCUT2D eigenvalue weighted by Crippen LogP contribution is -2.29. The maximum absolute atomic E-state index is 12.2. The van der Waals surface area contributed by atoms with Gasteiger partial charge in [0.05, 0.1) is 5.69 Å². The Hall–Kier alpha value is -1.66. The first-order chi connectivity index (χ1) is 10.2. The van der Waals surface area contributed by atoms with Crippen molar-refractivity contribution >= 4 is 33.1 Å². The third-order valence-corrected chi connectivity index (χ3v) is 4.67. The number of nitrogen functional groups attached to an aromatic ring is 1. The fraction of sp³-hybridized carbons (Fsp3) is 0.467. The highest BCUT2D eigenvalue weighted by Gasteiger charge is 2.16. The van der Waals surface area contributed by atoms with Crippen LogP contribution in [0.2, 0.25) is 0 Å². The van der Waals surface area contributed by atoms with E-state index in [1.165, 1.54) is 11.3 Å². The Morgan fingerprint density at radius 2 is 2.19 bits per heavy atom. The van der Waals surface area contributed by atoms with Gasteiger partial charge in [-0.3, -0.25) is 4.79 Å². The van der Waals surface area contributed by atoms with Gasteiger partial charge in [-0.1, -0.05) is 13.8 Å². The van der Waals surface area contributed by atoms with Gasteiger partial charge in [-0.25, -0.2) is 4.98 Å². The molecule has 0 radical (unpaired) electrons. The molecule has 0 atom stereocenters. The molecule has 0 bridgehead atoms. The topological polar surface area (TPSA) is 71.2 Å². The minimum absolute atomic E-state index is 0.102. The Bertz CT molecular complexity index is 607. The lowest BCUT2D eigenvalue weighted by Gasteiger charge is -2.17. The highest BCUT2D eigenvalue weighted by Crippen LogP contribution is 2.31. The van der Waals surface area contributed by atoms with Crippen molar-refractivity contribution in [3.05, 3.63) is 23.2 Å². The Kier molecular flexibility index (Phi) is 5.52. The molecule has 114 valence electrons. The third kappa shape index (κ3) is 3.71. The maximum atomic E-state index is 12.2. The molecule has 3 N–H and O–H groups in total. The summed E-state index contributed by atoms with van der Waals surface area (Å²) in [6.07, 6.45) is 2.65. The summed E-state index contributed by atoms with van der Waals surface area (Å²) in [4.78, 5) is 20.1. The predicted molar refractivity (Wildman–Crippen MR) is 88.8 cm³/mol. The number of aromatic nitrogens is 1. The summed E-state index contributed by atoms with van der Waals surface area (Å²) in [5.74, 6) is -0.102. The van der Waals surface area contributed by atoms with Crippen molar-refractivity contribution in [3.63, 3.8) is 0 Å². The van der Waals surface area contributed by atoms with Gasteiger partial charge in [-0.05, 0) is 38.2 Å². The monoisotopic (exact) mass is 306 g/mol. The Labute approximate surface area is 129 Å². The van der Waals surface area contributed by atoms with E-state index in [9.17, 15) is 4.79 Å². The van der Waals surface area contributed by atoms with Crippen LogP contribution in [0.25, 0.3) is 10.2 Å². The number of nitrogens with two attached hydrogens (primary N) is 1. The zero-order valence-electron chi connectivity index (χ0n) is 12.6. The van der Waals surface area contributed by atoms with Gasteiger partial charge in [0.1, 0.15) is 9.71 Å². The second-order valence-electron chi connectivity index (χ2n) is 4.84. The normalized spacial score (nSPS) is 11.2. The van der Waals surface area contributed by atoms with Crippen LogP contribution in [0.15, 0.2) is 18.3 Å². The lowest BCUT2D eigenvalue weighted by atomic mass is 10.2. The van der Waals surface area contributed by atoms with Crippen LogP contribution in [0.1, 0.15) is 29.9 Å². The molecule has 2 rings (SSSR count). The van der Waals surface area contributed by atoms with Gasteiger partial charge < -0.3 is 16.0 Å². The van der Waals surface area contributed by atoms with Crippen LogP contribution in [-0.4, -0.2) is 42.0 Å². The highest BCUT2D eigenvalue weighted by atomic mass is 32.1. The van der Waals surface area contributed by atoms with Crippen molar-refractivity contribution in [3.8, 4) is 0 Å². The van der Waals surface area contributed by atoms with Gasteiger partial charge in [0.25, 0.3) is 5.91 Å². The molecule has 0 saturated carbocycles. The first kappa shape index (κ1) is 15.7. The van der Waals surface area contributed by atoms with Gasteiger partial charge in [-0.2, -0.15) is 0 Å². The molecule has 0 aromatic carbocycles. The smallest absolute Gasteiger partial charge is 0.263 e. The molecule has 0 fully saturated rings. The van der Waals surface area contributed by atoms with Crippen molar-refractivity contribution < 1.29 is 4.79 Å². The fourth-order valence-electron chi connectivity index (χ4n) is 2.24. The van der Waals surface area contributed by atoms with Crippen LogP contribution in [0.5, 0.6) is 0 Å². The van der Waals surface area contributed by atoms with E-state index in [2.05, 4.69) is 29.0 Å². The number of pyridine rings is 1. The number of carbonyl (C=O) groups is 1. The second kappa shape index (κ2) is 7.38. The van der Waals surface area contributed by atoms with Crippen molar-refractivity contribution in [2.24, 2.45) is 0 Å². The average molecular weight is 306 g/mol. The van der Waals surface area contributed by atoms with Crippen molar-refractivity contribution in [2.45, 2.75) is 20.3 Å². The first-order valence-electron chi connectivity index (χ1n) is 7.30. The van der Waals surface area contributed by atoms with E-state index in [1.54, 1.807) is 6.20 Å². The van der Waals surface area contributed by atoms with Crippen molar-refractivity contribution in [1.29, 1.82) is 0 Å². The molecule has 2 aromatic rings. The summed E-state index contributed by atoms with van der Waals surface area (Å²) in [7, 11) is 0. The summed E-state index contributed by atoms with van der Waals surface area (Å²) < 4.78 is 0. The van der Waals surface area contributed by atoms with E-state index in [-0.39, 0.29) is 5.91 Å². The molecule has 0 aliphatic rings. The quantitative estimate of drug-likeness (QED) is 0.770. The van der Waals surface area contributed by atoms with Crippen LogP contribution in [0.4, 0.5) is 5.69 Å². The third-order valence-electron chi connectivity index (χ3n) is 3.54.